The zero-order chi connectivity index (χ0) is 10.3. The summed E-state index contributed by atoms with van der Waals surface area (Å²) in [6.45, 7) is 0.122. The van der Waals surface area contributed by atoms with Crippen LogP contribution in [0.3, 0.4) is 0 Å². The topological polar surface area (TPSA) is 81.0 Å². The Bertz CT molecular complexity index is 245. The molecule has 5 heteroatoms. The Morgan fingerprint density at radius 3 is 2.71 bits per heavy atom. The quantitative estimate of drug-likeness (QED) is 0.462. The Labute approximate surface area is 82.0 Å². The van der Waals surface area contributed by atoms with Crippen LogP contribution in [0.25, 0.3) is 0 Å². The van der Waals surface area contributed by atoms with Crippen molar-refractivity contribution in [2.75, 3.05) is 13.2 Å². The van der Waals surface area contributed by atoms with Crippen LogP contribution in [0.1, 0.15) is 12.8 Å². The normalized spacial score (nSPS) is 44.1. The van der Waals surface area contributed by atoms with Crippen molar-refractivity contribution in [3.63, 3.8) is 0 Å². The number of hydrogen-bond donors (Lipinski definition) is 3. The number of aliphatic hydroxyl groups is 3. The van der Waals surface area contributed by atoms with Crippen molar-refractivity contribution in [2.45, 2.75) is 37.1 Å². The molecule has 0 amide bonds. The molecule has 0 aliphatic carbocycles. The Balaban J connectivity index is 2.19. The minimum absolute atomic E-state index is 0.0246. The van der Waals surface area contributed by atoms with Crippen LogP contribution in [0.15, 0.2) is 0 Å². The maximum Gasteiger partial charge on any atom is 0.176 e. The van der Waals surface area contributed by atoms with Crippen molar-refractivity contribution < 1.29 is 20.1 Å². The maximum atomic E-state index is 11.3. The first-order chi connectivity index (χ1) is 6.65. The molecule has 3 N–H and O–H groups in total. The molecule has 0 saturated carbocycles. The smallest absolute Gasteiger partial charge is 0.176 e. The third kappa shape index (κ3) is 1.37. The van der Waals surface area contributed by atoms with Gasteiger partial charge in [-0.15, -0.1) is 0 Å². The lowest BCUT2D eigenvalue weighted by Crippen LogP contribution is -2.54. The van der Waals surface area contributed by atoms with Crippen molar-refractivity contribution in [2.24, 2.45) is 0 Å². The van der Waals surface area contributed by atoms with Crippen LogP contribution in [0, 0.1) is 0 Å². The van der Waals surface area contributed by atoms with E-state index in [1.807, 2.05) is 0 Å². The molecule has 0 bridgehead atoms. The predicted octanol–water partition coefficient (Wildman–Crippen LogP) is -1.88. The summed E-state index contributed by atoms with van der Waals surface area (Å²) in [5, 5.41) is 28.3. The molecule has 2 aliphatic heterocycles. The standard InChI is InChI=1S/C9H15NO4/c11-4-5-1-2-6(12)8-9(14)7(13)3-10(5)8/h5-6,8-9,11-12,14H,1-4H2/t5?,6-,8-,9-/m1/s1. The Morgan fingerprint density at radius 2 is 2.07 bits per heavy atom. The van der Waals surface area contributed by atoms with E-state index in [-0.39, 0.29) is 25.0 Å². The first kappa shape index (κ1) is 10.0. The average molecular weight is 201 g/mol. The van der Waals surface area contributed by atoms with Gasteiger partial charge in [0.05, 0.1) is 25.3 Å². The summed E-state index contributed by atoms with van der Waals surface area (Å²) < 4.78 is 0. The van der Waals surface area contributed by atoms with Gasteiger partial charge in [0.15, 0.2) is 5.78 Å². The molecule has 14 heavy (non-hydrogen) atoms. The maximum absolute atomic E-state index is 11.3. The van der Waals surface area contributed by atoms with Gasteiger partial charge in [-0.2, -0.15) is 0 Å². The van der Waals surface area contributed by atoms with Crippen LogP contribution >= 0.6 is 0 Å². The lowest BCUT2D eigenvalue weighted by Gasteiger charge is -2.39. The summed E-state index contributed by atoms with van der Waals surface area (Å²) in [6.07, 6.45) is -0.524. The second kappa shape index (κ2) is 3.58. The molecule has 2 heterocycles. The van der Waals surface area contributed by atoms with E-state index < -0.39 is 18.2 Å². The monoisotopic (exact) mass is 201 g/mol. The van der Waals surface area contributed by atoms with E-state index in [4.69, 9.17) is 5.11 Å². The summed E-state index contributed by atoms with van der Waals surface area (Å²) in [6, 6.07) is -0.599. The minimum Gasteiger partial charge on any atom is -0.395 e. The highest BCUT2D eigenvalue weighted by Crippen LogP contribution is 2.29. The second-order valence-corrected chi connectivity index (χ2v) is 4.06. The fraction of sp³-hybridized carbons (Fsp3) is 0.889. The Morgan fingerprint density at radius 1 is 1.36 bits per heavy atom. The third-order valence-electron chi connectivity index (χ3n) is 3.24. The summed E-state index contributed by atoms with van der Waals surface area (Å²) in [5.41, 5.74) is 0. The van der Waals surface area contributed by atoms with Gasteiger partial charge in [0, 0.05) is 6.04 Å². The van der Waals surface area contributed by atoms with Gasteiger partial charge in [-0.05, 0) is 12.8 Å². The molecule has 0 radical (unpaired) electrons. The molecular weight excluding hydrogens is 186 g/mol. The summed E-state index contributed by atoms with van der Waals surface area (Å²) in [5.74, 6) is -0.255. The fourth-order valence-corrected chi connectivity index (χ4v) is 2.45. The highest BCUT2D eigenvalue weighted by Gasteiger charge is 2.48. The molecule has 4 atom stereocenters. The largest absolute Gasteiger partial charge is 0.395 e. The minimum atomic E-state index is -1.08. The molecule has 0 aromatic rings. The molecule has 2 aliphatic rings. The summed E-state index contributed by atoms with van der Waals surface area (Å²) in [4.78, 5) is 13.0. The molecule has 0 aromatic carbocycles. The van der Waals surface area contributed by atoms with Gasteiger partial charge in [0.25, 0.3) is 0 Å². The second-order valence-electron chi connectivity index (χ2n) is 4.06. The van der Waals surface area contributed by atoms with E-state index in [0.717, 1.165) is 0 Å². The third-order valence-corrected chi connectivity index (χ3v) is 3.24. The van der Waals surface area contributed by atoms with Gasteiger partial charge >= 0.3 is 0 Å². The van der Waals surface area contributed by atoms with Crippen LogP contribution in [0.4, 0.5) is 0 Å². The van der Waals surface area contributed by atoms with Crippen molar-refractivity contribution in [3.05, 3.63) is 0 Å². The lowest BCUT2D eigenvalue weighted by atomic mass is 9.93. The molecule has 2 rings (SSSR count). The Kier molecular flexibility index (Phi) is 2.57. The first-order valence-corrected chi connectivity index (χ1v) is 4.90. The summed E-state index contributed by atoms with van der Waals surface area (Å²) >= 11 is 0. The Hall–Kier alpha value is -0.490. The predicted molar refractivity (Wildman–Crippen MR) is 47.6 cm³/mol. The number of hydrogen-bond acceptors (Lipinski definition) is 5. The number of piperidine rings is 1. The van der Waals surface area contributed by atoms with Crippen molar-refractivity contribution in [1.82, 2.24) is 4.90 Å². The van der Waals surface area contributed by atoms with Gasteiger partial charge in [-0.25, -0.2) is 0 Å². The van der Waals surface area contributed by atoms with Crippen molar-refractivity contribution >= 4 is 5.78 Å². The average Bonchev–Trinajstić information content (AvgIpc) is 2.45. The number of aliphatic hydroxyl groups excluding tert-OH is 3. The van der Waals surface area contributed by atoms with E-state index >= 15 is 0 Å². The molecule has 2 fully saturated rings. The SMILES string of the molecule is O=C1CN2C(CO)CC[C@@H](O)[C@@H]2[C@@H]1O. The van der Waals surface area contributed by atoms with Crippen LogP contribution in [-0.4, -0.2) is 63.4 Å². The molecule has 80 valence electrons. The van der Waals surface area contributed by atoms with Crippen LogP contribution < -0.4 is 0 Å². The number of ketones is 1. The van der Waals surface area contributed by atoms with Crippen LogP contribution in [0.2, 0.25) is 0 Å². The van der Waals surface area contributed by atoms with Gasteiger partial charge in [-0.1, -0.05) is 0 Å². The highest BCUT2D eigenvalue weighted by atomic mass is 16.3. The van der Waals surface area contributed by atoms with E-state index in [0.29, 0.717) is 12.8 Å². The molecule has 5 nitrogen and oxygen atoms in total. The van der Waals surface area contributed by atoms with E-state index in [1.165, 1.54) is 0 Å². The van der Waals surface area contributed by atoms with Gasteiger partial charge in [-0.3, -0.25) is 9.69 Å². The highest BCUT2D eigenvalue weighted by molar-refractivity contribution is 5.88. The lowest BCUT2D eigenvalue weighted by molar-refractivity contribution is -0.124. The zero-order valence-electron chi connectivity index (χ0n) is 7.83. The molecule has 2 saturated heterocycles. The number of fused-ring (bicyclic) bond motifs is 1. The molecular formula is C9H15NO4. The van der Waals surface area contributed by atoms with Gasteiger partial charge < -0.3 is 15.3 Å². The molecule has 1 unspecified atom stereocenters. The fourth-order valence-electron chi connectivity index (χ4n) is 2.45. The first-order valence-electron chi connectivity index (χ1n) is 4.90. The number of nitrogens with zero attached hydrogens (tertiary/aromatic N) is 1. The van der Waals surface area contributed by atoms with E-state index in [2.05, 4.69) is 0 Å². The molecule has 0 aromatic heterocycles. The number of rotatable bonds is 1. The van der Waals surface area contributed by atoms with Crippen molar-refractivity contribution in [1.29, 1.82) is 0 Å². The van der Waals surface area contributed by atoms with Gasteiger partial charge in [0.2, 0.25) is 0 Å². The van der Waals surface area contributed by atoms with Crippen LogP contribution in [-0.2, 0) is 4.79 Å². The van der Waals surface area contributed by atoms with E-state index in [9.17, 15) is 15.0 Å². The molecule has 0 spiro atoms. The van der Waals surface area contributed by atoms with Gasteiger partial charge in [0.1, 0.15) is 6.10 Å². The number of Topliss-reactive ketones (excluding diaryl/α,β-unsaturated/α-hetero) is 1. The van der Waals surface area contributed by atoms with Crippen LogP contribution in [0.5, 0.6) is 0 Å². The van der Waals surface area contributed by atoms with Crippen molar-refractivity contribution in [3.8, 4) is 0 Å². The number of carbonyl (C=O) groups is 1. The summed E-state index contributed by atoms with van der Waals surface area (Å²) in [7, 11) is 0. The number of carbonyl (C=O) groups excluding carboxylic acids is 1. The van der Waals surface area contributed by atoms with E-state index in [1.54, 1.807) is 4.90 Å². The zero-order valence-corrected chi connectivity index (χ0v) is 7.83.